The standard InChI is InChI=1S/C67H130O18/c1-10-13-29-38-55(70)63(81-8)49-64(82-9)56(71)41-34-25-22-28-37-46-67(76)85-52(50-83-65(74)44-35-26-20-16-18-23-32-39-53(68)61(79-6)47-57(72)59(77-4)42-30-14-11-2)51-84-66(75)45-36-27-21-17-19-24-33-40-54(69)62(80-7)48-58(73)60(78-5)43-31-15-12-3/h52-64,68-73H,10-51H2,1-9H3. The van der Waals surface area contributed by atoms with Crippen molar-refractivity contribution in [2.75, 3.05) is 55.9 Å². The fraction of sp³-hybridized carbons (Fsp3) is 0.955. The summed E-state index contributed by atoms with van der Waals surface area (Å²) in [6.45, 7) is 5.96. The molecule has 0 spiro atoms. The van der Waals surface area contributed by atoms with Crippen molar-refractivity contribution in [3.05, 3.63) is 0 Å². The molecule has 0 bridgehead atoms. The van der Waals surface area contributed by atoms with Crippen LogP contribution in [-0.2, 0) is 57.0 Å². The van der Waals surface area contributed by atoms with Gasteiger partial charge in [0.15, 0.2) is 6.10 Å². The highest BCUT2D eigenvalue weighted by Crippen LogP contribution is 2.24. The van der Waals surface area contributed by atoms with Crippen LogP contribution in [0.25, 0.3) is 0 Å². The molecule has 85 heavy (non-hydrogen) atoms. The van der Waals surface area contributed by atoms with Gasteiger partial charge in [-0.25, -0.2) is 0 Å². The van der Waals surface area contributed by atoms with E-state index in [1.54, 1.807) is 42.7 Å². The molecule has 0 aliphatic carbocycles. The largest absolute Gasteiger partial charge is 0.462 e. The lowest BCUT2D eigenvalue weighted by molar-refractivity contribution is -0.167. The van der Waals surface area contributed by atoms with Gasteiger partial charge in [-0.15, -0.1) is 0 Å². The van der Waals surface area contributed by atoms with Crippen molar-refractivity contribution in [1.82, 2.24) is 0 Å². The Morgan fingerprint density at radius 2 is 0.529 bits per heavy atom. The molecule has 0 aromatic rings. The number of aliphatic hydroxyl groups excluding tert-OH is 6. The van der Waals surface area contributed by atoms with Gasteiger partial charge in [0, 0.05) is 81.2 Å². The Morgan fingerprint density at radius 1 is 0.282 bits per heavy atom. The molecule has 0 aromatic carbocycles. The van der Waals surface area contributed by atoms with Gasteiger partial charge in [-0.2, -0.15) is 0 Å². The molecule has 0 rings (SSSR count). The number of aliphatic hydroxyl groups is 6. The Balaban J connectivity index is 4.97. The normalized spacial score (nSPS) is 16.6. The van der Waals surface area contributed by atoms with Crippen LogP contribution in [0.2, 0.25) is 0 Å². The third-order valence-electron chi connectivity index (χ3n) is 16.9. The van der Waals surface area contributed by atoms with Gasteiger partial charge in [0.25, 0.3) is 0 Å². The predicted octanol–water partition coefficient (Wildman–Crippen LogP) is 11.9. The van der Waals surface area contributed by atoms with Crippen LogP contribution < -0.4 is 0 Å². The highest BCUT2D eigenvalue weighted by Gasteiger charge is 2.30. The van der Waals surface area contributed by atoms with E-state index >= 15 is 0 Å². The maximum absolute atomic E-state index is 13.1. The number of hydrogen-bond donors (Lipinski definition) is 6. The average Bonchev–Trinajstić information content (AvgIpc) is 3.51. The molecule has 0 fully saturated rings. The average molecular weight is 1220 g/mol. The minimum Gasteiger partial charge on any atom is -0.462 e. The van der Waals surface area contributed by atoms with Crippen molar-refractivity contribution < 1.29 is 87.7 Å². The van der Waals surface area contributed by atoms with Gasteiger partial charge >= 0.3 is 17.9 Å². The van der Waals surface area contributed by atoms with Crippen LogP contribution in [0.15, 0.2) is 0 Å². The molecule has 0 radical (unpaired) electrons. The number of unbranched alkanes of at least 4 members (excludes halogenated alkanes) is 22. The van der Waals surface area contributed by atoms with Gasteiger partial charge in [-0.1, -0.05) is 181 Å². The monoisotopic (exact) mass is 1220 g/mol. The van der Waals surface area contributed by atoms with E-state index in [0.717, 1.165) is 173 Å². The van der Waals surface area contributed by atoms with E-state index in [1.807, 2.05) is 0 Å². The zero-order valence-electron chi connectivity index (χ0n) is 55.3. The summed E-state index contributed by atoms with van der Waals surface area (Å²) >= 11 is 0. The lowest BCUT2D eigenvalue weighted by Gasteiger charge is -2.28. The summed E-state index contributed by atoms with van der Waals surface area (Å²) in [6.07, 6.45) is 24.0. The first-order chi connectivity index (χ1) is 41.1. The molecule has 18 nitrogen and oxygen atoms in total. The fourth-order valence-corrected chi connectivity index (χ4v) is 11.2. The van der Waals surface area contributed by atoms with E-state index in [9.17, 15) is 45.0 Å². The Labute approximate surface area is 516 Å². The lowest BCUT2D eigenvalue weighted by atomic mass is 9.96. The Morgan fingerprint density at radius 3 is 0.824 bits per heavy atom. The molecule has 0 aliphatic rings. The molecule has 0 heterocycles. The summed E-state index contributed by atoms with van der Waals surface area (Å²) in [5.74, 6) is -1.27. The molecule has 18 heteroatoms. The molecular weight excluding hydrogens is 1090 g/mol. The molecule has 506 valence electrons. The van der Waals surface area contributed by atoms with Crippen molar-refractivity contribution in [3.63, 3.8) is 0 Å². The second-order valence-corrected chi connectivity index (χ2v) is 24.1. The van der Waals surface area contributed by atoms with E-state index in [0.29, 0.717) is 64.2 Å². The van der Waals surface area contributed by atoms with Crippen molar-refractivity contribution in [2.24, 2.45) is 0 Å². The van der Waals surface area contributed by atoms with E-state index in [2.05, 4.69) is 20.8 Å². The summed E-state index contributed by atoms with van der Waals surface area (Å²) in [7, 11) is 9.51. The number of rotatable bonds is 63. The van der Waals surface area contributed by atoms with Gasteiger partial charge in [-0.3, -0.25) is 14.4 Å². The third-order valence-corrected chi connectivity index (χ3v) is 16.9. The fourth-order valence-electron chi connectivity index (χ4n) is 11.2. The van der Waals surface area contributed by atoms with Gasteiger partial charge in [0.05, 0.1) is 73.2 Å². The molecule has 0 aromatic heterocycles. The van der Waals surface area contributed by atoms with Crippen LogP contribution in [-0.4, -0.2) is 184 Å². The summed E-state index contributed by atoms with van der Waals surface area (Å²) in [5, 5.41) is 64.7. The van der Waals surface area contributed by atoms with Crippen molar-refractivity contribution in [3.8, 4) is 0 Å². The van der Waals surface area contributed by atoms with E-state index in [1.165, 1.54) is 0 Å². The molecule has 0 saturated heterocycles. The van der Waals surface area contributed by atoms with Crippen molar-refractivity contribution in [1.29, 1.82) is 0 Å². The number of methoxy groups -OCH3 is 6. The van der Waals surface area contributed by atoms with E-state index < -0.39 is 85.1 Å². The summed E-state index contributed by atoms with van der Waals surface area (Å²) in [6, 6.07) is 0. The second kappa shape index (κ2) is 57.1. The van der Waals surface area contributed by atoms with Crippen LogP contribution in [0, 0.1) is 0 Å². The SMILES string of the molecule is CCCCCC(O)C(CC(OC)C(O)CCCCCCCC(=O)OC(COC(=O)CCCCCCCCCC(O)C(CC(O)C(CCCCC)OC)OC)COC(=O)CCCCCCCCCC(O)C(CC(O)C(CCCCC)OC)OC)OC. The summed E-state index contributed by atoms with van der Waals surface area (Å²) < 4.78 is 50.2. The van der Waals surface area contributed by atoms with E-state index in [-0.39, 0.29) is 44.7 Å². The number of carbonyl (C=O) groups is 3. The first-order valence-electron chi connectivity index (χ1n) is 33.8. The summed E-state index contributed by atoms with van der Waals surface area (Å²) in [5.41, 5.74) is 0. The van der Waals surface area contributed by atoms with Crippen LogP contribution in [0.4, 0.5) is 0 Å². The zero-order chi connectivity index (χ0) is 63.3. The Hall–Kier alpha value is -2.07. The van der Waals surface area contributed by atoms with Crippen LogP contribution >= 0.6 is 0 Å². The molecule has 12 unspecified atom stereocenters. The maximum Gasteiger partial charge on any atom is 0.306 e. The number of hydrogen-bond acceptors (Lipinski definition) is 18. The Kier molecular flexibility index (Phi) is 55.7. The number of esters is 3. The third kappa shape index (κ3) is 44.1. The molecular formula is C67H130O18. The quantitative estimate of drug-likeness (QED) is 0.0188. The van der Waals surface area contributed by atoms with Gasteiger partial charge in [-0.05, 0) is 57.8 Å². The Bertz CT molecular complexity index is 1440. The number of ether oxygens (including phenoxy) is 9. The van der Waals surface area contributed by atoms with E-state index in [4.69, 9.17) is 42.6 Å². The molecule has 0 saturated carbocycles. The smallest absolute Gasteiger partial charge is 0.306 e. The number of carbonyl (C=O) groups excluding carboxylic acids is 3. The molecule has 0 aliphatic heterocycles. The van der Waals surface area contributed by atoms with Crippen LogP contribution in [0.3, 0.4) is 0 Å². The first kappa shape index (κ1) is 82.9. The predicted molar refractivity (Wildman–Crippen MR) is 334 cm³/mol. The van der Waals surface area contributed by atoms with Crippen molar-refractivity contribution in [2.45, 2.75) is 357 Å². The van der Waals surface area contributed by atoms with Crippen LogP contribution in [0.1, 0.15) is 278 Å². The van der Waals surface area contributed by atoms with Gasteiger partial charge in [0.1, 0.15) is 13.2 Å². The molecule has 0 amide bonds. The van der Waals surface area contributed by atoms with Crippen molar-refractivity contribution >= 4 is 17.9 Å². The zero-order valence-corrected chi connectivity index (χ0v) is 55.3. The summed E-state index contributed by atoms with van der Waals surface area (Å²) in [4.78, 5) is 38.8. The molecule has 12 atom stereocenters. The second-order valence-electron chi connectivity index (χ2n) is 24.1. The highest BCUT2D eigenvalue weighted by molar-refractivity contribution is 5.71. The maximum atomic E-state index is 13.1. The first-order valence-corrected chi connectivity index (χ1v) is 33.8. The molecule has 6 N–H and O–H groups in total. The van der Waals surface area contributed by atoms with Gasteiger partial charge < -0.3 is 73.3 Å². The minimum atomic E-state index is -0.938. The highest BCUT2D eigenvalue weighted by atomic mass is 16.6. The lowest BCUT2D eigenvalue weighted by Crippen LogP contribution is -2.37. The minimum absolute atomic E-state index is 0.158. The topological polar surface area (TPSA) is 256 Å². The van der Waals surface area contributed by atoms with Crippen LogP contribution in [0.5, 0.6) is 0 Å². The van der Waals surface area contributed by atoms with Gasteiger partial charge in [0.2, 0.25) is 0 Å².